The van der Waals surface area contributed by atoms with Crippen molar-refractivity contribution in [3.63, 3.8) is 0 Å². The number of aromatic nitrogens is 3. The lowest BCUT2D eigenvalue weighted by atomic mass is 10.0. The fourth-order valence-electron chi connectivity index (χ4n) is 3.96. The third-order valence-corrected chi connectivity index (χ3v) is 5.66. The van der Waals surface area contributed by atoms with Gasteiger partial charge in [-0.3, -0.25) is 9.20 Å². The topological polar surface area (TPSA) is 85.8 Å². The summed E-state index contributed by atoms with van der Waals surface area (Å²) in [6.07, 6.45) is -1.99. The zero-order valence-electron chi connectivity index (χ0n) is 16.8. The van der Waals surface area contributed by atoms with Crippen LogP contribution in [0.3, 0.4) is 0 Å². The number of likely N-dealkylation sites (N-methyl/N-ethyl adjacent to an activating group) is 1. The van der Waals surface area contributed by atoms with E-state index in [0.717, 1.165) is 17.0 Å². The number of rotatable bonds is 2. The fraction of sp³-hybridized carbons (Fsp3) is 0.190. The molecule has 0 radical (unpaired) electrons. The number of fused-ring (bicyclic) bond motifs is 4. The first-order valence-corrected chi connectivity index (χ1v) is 9.58. The molecule has 7 nitrogen and oxygen atoms in total. The van der Waals surface area contributed by atoms with Crippen molar-refractivity contribution >= 4 is 28.3 Å². The summed E-state index contributed by atoms with van der Waals surface area (Å²) in [5, 5.41) is 0. The first-order chi connectivity index (χ1) is 15.6. The van der Waals surface area contributed by atoms with Gasteiger partial charge in [0.05, 0.1) is 40.7 Å². The van der Waals surface area contributed by atoms with Crippen LogP contribution in [0.4, 0.5) is 27.8 Å². The van der Waals surface area contributed by atoms with Crippen molar-refractivity contribution in [1.82, 2.24) is 19.3 Å². The molecule has 0 bridgehead atoms. The third kappa shape index (κ3) is 3.12. The molecular weight excluding hydrogens is 449 g/mol. The van der Waals surface area contributed by atoms with Gasteiger partial charge >= 0.3 is 6.18 Å². The van der Waals surface area contributed by atoms with Crippen molar-refractivity contribution in [3.8, 4) is 5.75 Å². The number of anilines is 1. The average Bonchev–Trinajstić information content (AvgIpc) is 3.40. The quantitative estimate of drug-likeness (QED) is 0.455. The van der Waals surface area contributed by atoms with Crippen LogP contribution in [-0.4, -0.2) is 38.8 Å². The maximum absolute atomic E-state index is 14.8. The van der Waals surface area contributed by atoms with Crippen molar-refractivity contribution in [3.05, 3.63) is 65.1 Å². The Balaban J connectivity index is 1.54. The number of alkyl halides is 3. The lowest BCUT2D eigenvalue weighted by Crippen LogP contribution is -2.32. The Kier molecular flexibility index (Phi) is 4.45. The van der Waals surface area contributed by atoms with Crippen LogP contribution in [0.25, 0.3) is 16.6 Å². The second kappa shape index (κ2) is 7.02. The van der Waals surface area contributed by atoms with Crippen LogP contribution in [0.1, 0.15) is 27.5 Å². The summed E-state index contributed by atoms with van der Waals surface area (Å²) in [6, 6.07) is 3.07. The molecular formula is C21H14F5N5O2. The number of ether oxygens (including phenoxy) is 1. The zero-order chi connectivity index (χ0) is 23.7. The van der Waals surface area contributed by atoms with Crippen molar-refractivity contribution in [2.45, 2.75) is 12.2 Å². The smallest absolute Gasteiger partial charge is 0.419 e. The molecule has 0 saturated heterocycles. The zero-order valence-corrected chi connectivity index (χ0v) is 16.8. The van der Waals surface area contributed by atoms with E-state index in [1.54, 1.807) is 4.40 Å². The van der Waals surface area contributed by atoms with Gasteiger partial charge in [0.2, 0.25) is 0 Å². The van der Waals surface area contributed by atoms with E-state index in [4.69, 9.17) is 10.5 Å². The van der Waals surface area contributed by atoms with Crippen LogP contribution in [0, 0.1) is 11.6 Å². The highest BCUT2D eigenvalue weighted by atomic mass is 19.4. The SMILES string of the molecule is CN(C(=O)c1cc2c(cc1F)nc(N)c1cncn12)[C@@H]1COc2c1ccc(C(F)(F)F)c2F. The van der Waals surface area contributed by atoms with Gasteiger partial charge in [-0.25, -0.2) is 18.7 Å². The Morgan fingerprint density at radius 2 is 2.00 bits per heavy atom. The maximum Gasteiger partial charge on any atom is 0.419 e. The Hall–Kier alpha value is -3.96. The van der Waals surface area contributed by atoms with Crippen LogP contribution < -0.4 is 10.5 Å². The lowest BCUT2D eigenvalue weighted by molar-refractivity contribution is -0.140. The number of carbonyl (C=O) groups excluding carboxylic acids is 1. The molecule has 1 aliphatic heterocycles. The molecule has 12 heteroatoms. The third-order valence-electron chi connectivity index (χ3n) is 5.66. The first-order valence-electron chi connectivity index (χ1n) is 9.58. The summed E-state index contributed by atoms with van der Waals surface area (Å²) in [5.41, 5.74) is 5.18. The number of nitrogens with two attached hydrogens (primary N) is 1. The van der Waals surface area contributed by atoms with Gasteiger partial charge in [-0.15, -0.1) is 0 Å². The predicted molar refractivity (Wildman–Crippen MR) is 107 cm³/mol. The molecule has 0 unspecified atom stereocenters. The van der Waals surface area contributed by atoms with E-state index in [1.165, 1.54) is 25.6 Å². The summed E-state index contributed by atoms with van der Waals surface area (Å²) in [6.45, 7) is -0.283. The second-order valence-corrected chi connectivity index (χ2v) is 7.55. The summed E-state index contributed by atoms with van der Waals surface area (Å²) in [5.74, 6) is -3.64. The molecule has 170 valence electrons. The molecule has 4 aromatic rings. The minimum Gasteiger partial charge on any atom is -0.488 e. The number of halogens is 5. The highest BCUT2D eigenvalue weighted by Crippen LogP contribution is 2.43. The number of benzene rings is 2. The molecule has 1 amide bonds. The minimum absolute atomic E-state index is 0.0592. The van der Waals surface area contributed by atoms with Crippen LogP contribution in [-0.2, 0) is 6.18 Å². The Bertz CT molecular complexity index is 1450. The van der Waals surface area contributed by atoms with E-state index in [0.29, 0.717) is 17.1 Å². The normalized spacial score (nSPS) is 15.6. The molecule has 3 heterocycles. The van der Waals surface area contributed by atoms with Crippen molar-refractivity contribution < 1.29 is 31.5 Å². The van der Waals surface area contributed by atoms with Crippen LogP contribution in [0.5, 0.6) is 5.75 Å². The molecule has 1 atom stereocenters. The molecule has 2 N–H and O–H groups in total. The van der Waals surface area contributed by atoms with Crippen LogP contribution in [0.2, 0.25) is 0 Å². The molecule has 0 fully saturated rings. The van der Waals surface area contributed by atoms with E-state index < -0.39 is 41.1 Å². The summed E-state index contributed by atoms with van der Waals surface area (Å²) >= 11 is 0. The van der Waals surface area contributed by atoms with Crippen LogP contribution >= 0.6 is 0 Å². The molecule has 0 spiro atoms. The Morgan fingerprint density at radius 3 is 2.73 bits per heavy atom. The number of hydrogen-bond acceptors (Lipinski definition) is 5. The van der Waals surface area contributed by atoms with Gasteiger partial charge < -0.3 is 15.4 Å². The molecule has 5 rings (SSSR count). The van der Waals surface area contributed by atoms with Crippen molar-refractivity contribution in [1.29, 1.82) is 0 Å². The fourth-order valence-corrected chi connectivity index (χ4v) is 3.96. The summed E-state index contributed by atoms with van der Waals surface area (Å²) < 4.78 is 74.9. The molecule has 2 aromatic carbocycles. The van der Waals surface area contributed by atoms with Gasteiger partial charge in [-0.1, -0.05) is 6.07 Å². The number of hydrogen-bond donors (Lipinski definition) is 1. The molecule has 2 aromatic heterocycles. The van der Waals surface area contributed by atoms with Crippen molar-refractivity contribution in [2.24, 2.45) is 0 Å². The number of nitrogen functional groups attached to an aromatic ring is 1. The predicted octanol–water partition coefficient (Wildman–Crippen LogP) is 3.97. The highest BCUT2D eigenvalue weighted by molar-refractivity contribution is 5.98. The van der Waals surface area contributed by atoms with Gasteiger partial charge in [-0.05, 0) is 12.1 Å². The number of amides is 1. The Labute approximate surface area is 182 Å². The minimum atomic E-state index is -4.90. The molecule has 33 heavy (non-hydrogen) atoms. The standard InChI is InChI=1S/C21H14F5N5O2/c1-30(16-7-33-18-9(16)2-3-11(17(18)23)21(24,25)26)20(32)10-4-14-13(5-12(10)22)29-19(27)15-6-28-8-31(14)15/h2-6,8,16H,7H2,1H3,(H2,27,29)/t16-/m1/s1. The van der Waals surface area contributed by atoms with E-state index in [-0.39, 0.29) is 29.1 Å². The van der Waals surface area contributed by atoms with Gasteiger partial charge in [0, 0.05) is 18.7 Å². The summed E-state index contributed by atoms with van der Waals surface area (Å²) in [7, 11) is 1.33. The van der Waals surface area contributed by atoms with Gasteiger partial charge in [0.25, 0.3) is 5.91 Å². The first kappa shape index (κ1) is 20.9. The highest BCUT2D eigenvalue weighted by Gasteiger charge is 2.40. The Morgan fingerprint density at radius 1 is 1.24 bits per heavy atom. The van der Waals surface area contributed by atoms with Crippen LogP contribution in [0.15, 0.2) is 36.8 Å². The molecule has 0 aliphatic carbocycles. The lowest BCUT2D eigenvalue weighted by Gasteiger charge is -2.24. The molecule has 1 aliphatic rings. The maximum atomic E-state index is 14.8. The van der Waals surface area contributed by atoms with E-state index in [9.17, 15) is 26.7 Å². The van der Waals surface area contributed by atoms with Gasteiger partial charge in [0.15, 0.2) is 11.6 Å². The number of imidazole rings is 1. The number of nitrogens with zero attached hydrogens (tertiary/aromatic N) is 4. The molecule has 0 saturated carbocycles. The van der Waals surface area contributed by atoms with Gasteiger partial charge in [-0.2, -0.15) is 13.2 Å². The van der Waals surface area contributed by atoms with Gasteiger partial charge in [0.1, 0.15) is 23.8 Å². The largest absolute Gasteiger partial charge is 0.488 e. The number of carbonyl (C=O) groups is 1. The van der Waals surface area contributed by atoms with E-state index in [2.05, 4.69) is 9.97 Å². The monoisotopic (exact) mass is 463 g/mol. The van der Waals surface area contributed by atoms with E-state index in [1.807, 2.05) is 0 Å². The average molecular weight is 463 g/mol. The second-order valence-electron chi connectivity index (χ2n) is 7.55. The summed E-state index contributed by atoms with van der Waals surface area (Å²) in [4.78, 5) is 22.4. The van der Waals surface area contributed by atoms with E-state index >= 15 is 0 Å². The van der Waals surface area contributed by atoms with Crippen molar-refractivity contribution in [2.75, 3.05) is 19.4 Å².